The van der Waals surface area contributed by atoms with Gasteiger partial charge in [-0.25, -0.2) is 12.1 Å². The Bertz CT molecular complexity index is 399. The minimum Gasteiger partial charge on any atom is -0.748 e. The van der Waals surface area contributed by atoms with E-state index in [0.29, 0.717) is 0 Å². The van der Waals surface area contributed by atoms with E-state index in [0.717, 1.165) is 0 Å². The second-order valence-electron chi connectivity index (χ2n) is 5.59. The zero-order valence-corrected chi connectivity index (χ0v) is 17.0. The maximum absolute atomic E-state index is 2.44. The van der Waals surface area contributed by atoms with Crippen molar-refractivity contribution in [3.05, 3.63) is 57.7 Å². The van der Waals surface area contributed by atoms with Crippen molar-refractivity contribution < 1.29 is 17.1 Å². The summed E-state index contributed by atoms with van der Waals surface area (Å²) in [6.45, 7) is 2.28. The van der Waals surface area contributed by atoms with Crippen molar-refractivity contribution in [1.82, 2.24) is 0 Å². The molecule has 0 unspecified atom stereocenters. The van der Waals surface area contributed by atoms with E-state index in [1.807, 2.05) is 30.3 Å². The van der Waals surface area contributed by atoms with Crippen molar-refractivity contribution in [3.8, 4) is 0 Å². The number of unbranched alkanes of at least 4 members (excludes halogenated alkanes) is 7. The van der Waals surface area contributed by atoms with Crippen LogP contribution in [-0.4, -0.2) is 0 Å². The average molecular weight is 452 g/mol. The zero-order chi connectivity index (χ0) is 15.2. The molecule has 2 rings (SSSR count). The van der Waals surface area contributed by atoms with Gasteiger partial charge in [0.15, 0.2) is 0 Å². The molecular formula is C20H29FeI-6. The van der Waals surface area contributed by atoms with Gasteiger partial charge in [0.2, 0.25) is 0 Å². The van der Waals surface area contributed by atoms with Crippen molar-refractivity contribution >= 4 is 22.6 Å². The molecule has 0 fully saturated rings. The molecule has 0 bridgehead atoms. The number of halogens is 1. The Morgan fingerprint density at radius 1 is 0.864 bits per heavy atom. The quantitative estimate of drug-likeness (QED) is 0.165. The average Bonchev–Trinajstić information content (AvgIpc) is 3.17. The van der Waals surface area contributed by atoms with Crippen molar-refractivity contribution in [2.24, 2.45) is 0 Å². The van der Waals surface area contributed by atoms with E-state index in [-0.39, 0.29) is 17.1 Å². The van der Waals surface area contributed by atoms with Gasteiger partial charge in [0.05, 0.1) is 0 Å². The van der Waals surface area contributed by atoms with Gasteiger partial charge in [-0.2, -0.15) is 6.07 Å². The van der Waals surface area contributed by atoms with Crippen LogP contribution in [0.25, 0.3) is 0 Å². The van der Waals surface area contributed by atoms with Gasteiger partial charge in [-0.15, -0.1) is 9.13 Å². The summed E-state index contributed by atoms with van der Waals surface area (Å²) >= 11 is 2.44. The van der Waals surface area contributed by atoms with E-state index in [9.17, 15) is 0 Å². The first-order chi connectivity index (χ1) is 10.3. The molecule has 0 spiro atoms. The number of hydrogen-bond acceptors (Lipinski definition) is 0. The van der Waals surface area contributed by atoms with E-state index in [2.05, 4.69) is 47.7 Å². The monoisotopic (exact) mass is 452 g/mol. The Hall–Kier alpha value is -0.0505. The summed E-state index contributed by atoms with van der Waals surface area (Å²) in [6.07, 6.45) is 12.6. The van der Waals surface area contributed by atoms with Crippen LogP contribution in [0.4, 0.5) is 0 Å². The fourth-order valence-corrected chi connectivity index (χ4v) is 3.07. The molecule has 22 heavy (non-hydrogen) atoms. The maximum Gasteiger partial charge on any atom is 0 e. The fourth-order valence-electron chi connectivity index (χ4n) is 2.41. The van der Waals surface area contributed by atoms with Crippen molar-refractivity contribution in [1.29, 1.82) is 0 Å². The van der Waals surface area contributed by atoms with Gasteiger partial charge in [0.1, 0.15) is 0 Å². The number of hydrogen-bond donors (Lipinski definition) is 0. The van der Waals surface area contributed by atoms with E-state index in [4.69, 9.17) is 0 Å². The van der Waals surface area contributed by atoms with Crippen molar-refractivity contribution in [2.75, 3.05) is 0 Å². The van der Waals surface area contributed by atoms with Gasteiger partial charge in [0, 0.05) is 17.1 Å². The second kappa shape index (κ2) is 15.8. The molecule has 0 amide bonds. The Balaban J connectivity index is 0.000000622. The SMILES string of the molecule is CCCCCCCCCC[c-]1cccc1I.[Fe].[cH-]1[cH-][cH-][cH-][cH-]1. The first kappa shape index (κ1) is 21.9. The van der Waals surface area contributed by atoms with E-state index >= 15 is 0 Å². The summed E-state index contributed by atoms with van der Waals surface area (Å²) < 4.78 is 1.44. The van der Waals surface area contributed by atoms with Gasteiger partial charge < -0.3 is 30.3 Å². The summed E-state index contributed by atoms with van der Waals surface area (Å²) in [6, 6.07) is 16.6. The predicted octanol–water partition coefficient (Wildman–Crippen LogP) is 7.10. The molecule has 0 atom stereocenters. The molecule has 2 aromatic rings. The zero-order valence-electron chi connectivity index (χ0n) is 13.7. The smallest absolute Gasteiger partial charge is 0 e. The summed E-state index contributed by atoms with van der Waals surface area (Å²) in [4.78, 5) is 0. The number of aryl methyl sites for hydroxylation is 1. The molecule has 0 saturated carbocycles. The molecule has 0 nitrogen and oxygen atoms in total. The largest absolute Gasteiger partial charge is 0.748 e. The maximum atomic E-state index is 2.44. The third kappa shape index (κ3) is 11.5. The summed E-state index contributed by atoms with van der Waals surface area (Å²) in [7, 11) is 0. The van der Waals surface area contributed by atoms with Gasteiger partial charge in [-0.3, -0.25) is 0 Å². The third-order valence-electron chi connectivity index (χ3n) is 3.70. The molecule has 0 heterocycles. The Kier molecular flexibility index (Phi) is 15.8. The topological polar surface area (TPSA) is 0 Å². The van der Waals surface area contributed by atoms with Crippen LogP contribution in [-0.2, 0) is 23.5 Å². The molecule has 0 aliphatic rings. The molecule has 130 valence electrons. The summed E-state index contributed by atoms with van der Waals surface area (Å²) in [5.74, 6) is 0. The second-order valence-corrected chi connectivity index (χ2v) is 6.75. The van der Waals surface area contributed by atoms with Crippen LogP contribution in [0.2, 0.25) is 0 Å². The molecule has 0 radical (unpaired) electrons. The van der Waals surface area contributed by atoms with Crippen molar-refractivity contribution in [3.63, 3.8) is 0 Å². The fraction of sp³-hybridized carbons (Fsp3) is 0.500. The first-order valence-corrected chi connectivity index (χ1v) is 9.49. The Morgan fingerprint density at radius 3 is 1.82 bits per heavy atom. The van der Waals surface area contributed by atoms with Crippen LogP contribution < -0.4 is 0 Å². The molecule has 0 aliphatic carbocycles. The predicted molar refractivity (Wildman–Crippen MR) is 103 cm³/mol. The van der Waals surface area contributed by atoms with Gasteiger partial charge >= 0.3 is 0 Å². The van der Waals surface area contributed by atoms with Crippen LogP contribution in [0, 0.1) is 3.57 Å². The van der Waals surface area contributed by atoms with Crippen LogP contribution in [0.3, 0.4) is 0 Å². The van der Waals surface area contributed by atoms with E-state index in [1.165, 1.54) is 61.4 Å². The van der Waals surface area contributed by atoms with Crippen LogP contribution >= 0.6 is 22.6 Å². The summed E-state index contributed by atoms with van der Waals surface area (Å²) in [5.41, 5.74) is 1.55. The Labute approximate surface area is 161 Å². The Morgan fingerprint density at radius 2 is 1.36 bits per heavy atom. The minimum absolute atomic E-state index is 0. The molecular weight excluding hydrogens is 423 g/mol. The van der Waals surface area contributed by atoms with Gasteiger partial charge in [-0.1, -0.05) is 87.3 Å². The normalized spacial score (nSPS) is 9.73. The van der Waals surface area contributed by atoms with E-state index < -0.39 is 0 Å². The first-order valence-electron chi connectivity index (χ1n) is 8.41. The molecule has 0 N–H and O–H groups in total. The van der Waals surface area contributed by atoms with Gasteiger partial charge in [-0.05, 0) is 0 Å². The van der Waals surface area contributed by atoms with Gasteiger partial charge in [0.25, 0.3) is 0 Å². The molecule has 0 saturated heterocycles. The third-order valence-corrected chi connectivity index (χ3v) is 4.75. The standard InChI is InChI=1S/C15H24I.C5H5.Fe/c1-2-3-4-5-6-7-8-9-11-14-12-10-13-15(14)16;1-2-4-5-3-1;/h10,12-13H,2-9,11H2,1H3;1-5H;/q-1;-5;. The van der Waals surface area contributed by atoms with Crippen LogP contribution in [0.1, 0.15) is 63.9 Å². The molecule has 2 heteroatoms. The summed E-state index contributed by atoms with van der Waals surface area (Å²) in [5, 5.41) is 0. The molecule has 2 aromatic carbocycles. The molecule has 0 aliphatic heterocycles. The molecule has 0 aromatic heterocycles. The van der Waals surface area contributed by atoms with Crippen molar-refractivity contribution in [2.45, 2.75) is 64.7 Å². The van der Waals surface area contributed by atoms with Crippen LogP contribution in [0.15, 0.2) is 48.5 Å². The van der Waals surface area contributed by atoms with Crippen LogP contribution in [0.5, 0.6) is 0 Å². The van der Waals surface area contributed by atoms with E-state index in [1.54, 1.807) is 5.56 Å². The minimum atomic E-state index is 0. The number of rotatable bonds is 9.